The zero-order valence-corrected chi connectivity index (χ0v) is 21.9. The molecule has 0 saturated carbocycles. The van der Waals surface area contributed by atoms with Gasteiger partial charge in [0.2, 0.25) is 0 Å². The number of aromatic carboxylic acids is 1. The molecular weight excluding hydrogens is 462 g/mol. The molecule has 0 fully saturated rings. The Morgan fingerprint density at radius 2 is 1.43 bits per heavy atom. The van der Waals surface area contributed by atoms with Gasteiger partial charge in [-0.05, 0) is 23.9 Å². The Morgan fingerprint density at radius 1 is 0.886 bits per heavy atom. The summed E-state index contributed by atoms with van der Waals surface area (Å²) in [6.45, 7) is 2.26. The molecule has 2 heterocycles. The van der Waals surface area contributed by atoms with Crippen molar-refractivity contribution in [2.24, 2.45) is 0 Å². The first-order chi connectivity index (χ1) is 17.0. The predicted molar refractivity (Wildman–Crippen MR) is 142 cm³/mol. The van der Waals surface area contributed by atoms with Gasteiger partial charge < -0.3 is 10.4 Å². The lowest BCUT2D eigenvalue weighted by atomic mass is 10.0. The molecule has 0 aliphatic heterocycles. The van der Waals surface area contributed by atoms with Crippen molar-refractivity contribution >= 4 is 34.7 Å². The second-order valence-corrected chi connectivity index (χ2v) is 10.1. The molecule has 0 saturated heterocycles. The number of hydrogen-bond acceptors (Lipinski definition) is 5. The fourth-order valence-corrected chi connectivity index (χ4v) is 4.82. The molecule has 1 amide bonds. The summed E-state index contributed by atoms with van der Waals surface area (Å²) in [5, 5.41) is 19.8. The van der Waals surface area contributed by atoms with Gasteiger partial charge in [-0.2, -0.15) is 5.10 Å². The molecule has 3 N–H and O–H groups in total. The summed E-state index contributed by atoms with van der Waals surface area (Å²) in [4.78, 5) is 36.0. The minimum absolute atomic E-state index is 0.0577. The number of aromatic amines is 1. The van der Waals surface area contributed by atoms with Gasteiger partial charge in [0.15, 0.2) is 5.78 Å². The van der Waals surface area contributed by atoms with E-state index in [-0.39, 0.29) is 27.7 Å². The van der Waals surface area contributed by atoms with Crippen molar-refractivity contribution in [2.75, 3.05) is 5.32 Å². The SMILES string of the molecule is CCCCCCCCCCCCCCCCCC(=O)c1cc(C(=O)Nc2ccsc2C(=O)O)[nH]n1. The smallest absolute Gasteiger partial charge is 0.348 e. The lowest BCUT2D eigenvalue weighted by Gasteiger charge is -2.03. The summed E-state index contributed by atoms with van der Waals surface area (Å²) in [5.74, 6) is -1.71. The number of aromatic nitrogens is 2. The number of nitrogens with zero attached hydrogens (tertiary/aromatic N) is 1. The highest BCUT2D eigenvalue weighted by Crippen LogP contribution is 2.23. The summed E-state index contributed by atoms with van der Waals surface area (Å²) in [6.07, 6.45) is 19.6. The first-order valence-corrected chi connectivity index (χ1v) is 14.1. The molecule has 0 aliphatic carbocycles. The zero-order valence-electron chi connectivity index (χ0n) is 21.1. The number of H-pyrrole nitrogens is 1. The molecule has 7 nitrogen and oxygen atoms in total. The van der Waals surface area contributed by atoms with Crippen molar-refractivity contribution in [1.29, 1.82) is 0 Å². The van der Waals surface area contributed by atoms with Gasteiger partial charge in [0.05, 0.1) is 5.69 Å². The van der Waals surface area contributed by atoms with Crippen molar-refractivity contribution in [3.63, 3.8) is 0 Å². The number of nitrogens with one attached hydrogen (secondary N) is 2. The fourth-order valence-electron chi connectivity index (χ4n) is 4.13. The number of carboxylic acids is 1. The minimum atomic E-state index is -1.10. The van der Waals surface area contributed by atoms with Crippen molar-refractivity contribution < 1.29 is 19.5 Å². The number of Topliss-reactive ketones (excluding diaryl/α,β-unsaturated/α-hetero) is 1. The van der Waals surface area contributed by atoms with Gasteiger partial charge in [-0.3, -0.25) is 14.7 Å². The Bertz CT molecular complexity index is 906. The molecule has 2 aromatic rings. The van der Waals surface area contributed by atoms with Gasteiger partial charge in [-0.1, -0.05) is 96.8 Å². The number of unbranched alkanes of at least 4 members (excludes halogenated alkanes) is 14. The van der Waals surface area contributed by atoms with Gasteiger partial charge in [0, 0.05) is 6.42 Å². The number of carboxylic acid groups (broad SMARTS) is 1. The van der Waals surface area contributed by atoms with Crippen LogP contribution in [0.25, 0.3) is 0 Å². The average molecular weight is 504 g/mol. The third kappa shape index (κ3) is 11.2. The number of carbonyl (C=O) groups is 3. The third-order valence-electron chi connectivity index (χ3n) is 6.22. The van der Waals surface area contributed by atoms with E-state index in [1.807, 2.05) is 0 Å². The number of carbonyl (C=O) groups excluding carboxylic acids is 2. The Labute approximate surface area is 213 Å². The molecule has 0 atom stereocenters. The van der Waals surface area contributed by atoms with Crippen LogP contribution in [0.3, 0.4) is 0 Å². The summed E-state index contributed by atoms with van der Waals surface area (Å²) in [6, 6.07) is 2.96. The number of anilines is 1. The number of ketones is 1. The second-order valence-electron chi connectivity index (χ2n) is 9.21. The fraction of sp³-hybridized carbons (Fsp3) is 0.630. The van der Waals surface area contributed by atoms with Crippen LogP contribution in [-0.2, 0) is 0 Å². The zero-order chi connectivity index (χ0) is 25.3. The maximum absolute atomic E-state index is 12.4. The standard InChI is InChI=1S/C27H41N3O4S/c1-2-3-4-5-6-7-8-9-10-11-12-13-14-15-16-17-24(31)22-20-23(30-29-22)26(32)28-21-18-19-35-25(21)27(33)34/h18-20H,2-17H2,1H3,(H,28,32)(H,29,30)(H,33,34). The summed E-state index contributed by atoms with van der Waals surface area (Å²) < 4.78 is 0. The van der Waals surface area contributed by atoms with Crippen LogP contribution >= 0.6 is 11.3 Å². The van der Waals surface area contributed by atoms with Gasteiger partial charge in [0.25, 0.3) is 5.91 Å². The summed E-state index contributed by atoms with van der Waals surface area (Å²) in [5.41, 5.74) is 0.601. The number of hydrogen-bond donors (Lipinski definition) is 3. The highest BCUT2D eigenvalue weighted by molar-refractivity contribution is 7.12. The van der Waals surface area contributed by atoms with Gasteiger partial charge >= 0.3 is 5.97 Å². The van der Waals surface area contributed by atoms with Gasteiger partial charge in [0.1, 0.15) is 16.3 Å². The molecule has 0 bridgehead atoms. The van der Waals surface area contributed by atoms with Crippen LogP contribution < -0.4 is 5.32 Å². The van der Waals surface area contributed by atoms with Crippen LogP contribution in [0.5, 0.6) is 0 Å². The summed E-state index contributed by atoms with van der Waals surface area (Å²) >= 11 is 1.03. The predicted octanol–water partition coefficient (Wildman–Crippen LogP) is 7.87. The lowest BCUT2D eigenvalue weighted by molar-refractivity contribution is 0.0703. The van der Waals surface area contributed by atoms with Gasteiger partial charge in [-0.25, -0.2) is 4.79 Å². The second kappa shape index (κ2) is 17.0. The molecule has 35 heavy (non-hydrogen) atoms. The largest absolute Gasteiger partial charge is 0.477 e. The van der Waals surface area contributed by atoms with Crippen LogP contribution in [0.1, 0.15) is 140 Å². The quantitative estimate of drug-likeness (QED) is 0.126. The molecule has 0 aliphatic rings. The van der Waals surface area contributed by atoms with Crippen molar-refractivity contribution in [3.05, 3.63) is 33.8 Å². The molecule has 2 aromatic heterocycles. The minimum Gasteiger partial charge on any atom is -0.477 e. The Kier molecular flexibility index (Phi) is 14.0. The molecule has 2 rings (SSSR count). The highest BCUT2D eigenvalue weighted by atomic mass is 32.1. The highest BCUT2D eigenvalue weighted by Gasteiger charge is 2.18. The van der Waals surface area contributed by atoms with E-state index in [1.54, 1.807) is 5.38 Å². The molecule has 194 valence electrons. The number of thiophene rings is 1. The van der Waals surface area contributed by atoms with E-state index in [0.717, 1.165) is 30.6 Å². The number of amides is 1. The van der Waals surface area contributed by atoms with E-state index in [0.29, 0.717) is 6.42 Å². The van der Waals surface area contributed by atoms with E-state index in [2.05, 4.69) is 22.4 Å². The van der Waals surface area contributed by atoms with E-state index < -0.39 is 11.9 Å². The van der Waals surface area contributed by atoms with E-state index in [9.17, 15) is 14.4 Å². The van der Waals surface area contributed by atoms with E-state index in [1.165, 1.54) is 89.2 Å². The Balaban J connectivity index is 1.51. The molecule has 0 aromatic carbocycles. The maximum atomic E-state index is 12.4. The third-order valence-corrected chi connectivity index (χ3v) is 7.13. The molecule has 8 heteroatoms. The van der Waals surface area contributed by atoms with Crippen LogP contribution in [0.15, 0.2) is 17.5 Å². The molecule has 0 spiro atoms. The lowest BCUT2D eigenvalue weighted by Crippen LogP contribution is -2.13. The monoisotopic (exact) mass is 503 g/mol. The normalized spacial score (nSPS) is 11.0. The average Bonchev–Trinajstić information content (AvgIpc) is 3.51. The molecular formula is C27H41N3O4S. The first kappa shape index (κ1) is 28.8. The molecule has 0 radical (unpaired) electrons. The topological polar surface area (TPSA) is 112 Å². The van der Waals surface area contributed by atoms with Crippen molar-refractivity contribution in [3.8, 4) is 0 Å². The number of rotatable bonds is 20. The summed E-state index contributed by atoms with van der Waals surface area (Å²) in [7, 11) is 0. The first-order valence-electron chi connectivity index (χ1n) is 13.2. The Hall–Kier alpha value is -2.48. The van der Waals surface area contributed by atoms with Crippen molar-refractivity contribution in [2.45, 2.75) is 110 Å². The van der Waals surface area contributed by atoms with E-state index in [4.69, 9.17) is 5.11 Å². The van der Waals surface area contributed by atoms with Crippen LogP contribution in [-0.4, -0.2) is 33.0 Å². The van der Waals surface area contributed by atoms with Crippen LogP contribution in [0.4, 0.5) is 5.69 Å². The van der Waals surface area contributed by atoms with Crippen molar-refractivity contribution in [1.82, 2.24) is 10.2 Å². The maximum Gasteiger partial charge on any atom is 0.348 e. The Morgan fingerprint density at radius 3 is 1.97 bits per heavy atom. The molecule has 0 unspecified atom stereocenters. The van der Waals surface area contributed by atoms with Gasteiger partial charge in [-0.15, -0.1) is 11.3 Å². The van der Waals surface area contributed by atoms with E-state index >= 15 is 0 Å². The van der Waals surface area contributed by atoms with Crippen LogP contribution in [0, 0.1) is 0 Å². The van der Waals surface area contributed by atoms with Crippen LogP contribution in [0.2, 0.25) is 0 Å².